The predicted octanol–water partition coefficient (Wildman–Crippen LogP) is 4.87. The van der Waals surface area contributed by atoms with Crippen molar-refractivity contribution in [1.29, 1.82) is 0 Å². The number of hydrogen-bond acceptors (Lipinski definition) is 11. The van der Waals surface area contributed by atoms with Crippen molar-refractivity contribution in [2.75, 3.05) is 0 Å². The first kappa shape index (κ1) is 36.3. The summed E-state index contributed by atoms with van der Waals surface area (Å²) in [6.45, 7) is 16.2. The molecule has 2 bridgehead atoms. The van der Waals surface area contributed by atoms with Crippen LogP contribution in [0.2, 0.25) is 0 Å². The molecule has 0 N–H and O–H groups in total. The highest BCUT2D eigenvalue weighted by molar-refractivity contribution is 5.97. The normalized spacial score (nSPS) is 31.1. The van der Waals surface area contributed by atoms with Gasteiger partial charge in [0.2, 0.25) is 0 Å². The van der Waals surface area contributed by atoms with E-state index in [4.69, 9.17) is 23.7 Å². The Morgan fingerprint density at radius 1 is 0.833 bits per heavy atom. The first-order valence-electron chi connectivity index (χ1n) is 15.9. The molecule has 0 unspecified atom stereocenters. The van der Waals surface area contributed by atoms with Crippen molar-refractivity contribution < 1.29 is 52.5 Å². The van der Waals surface area contributed by atoms with Gasteiger partial charge in [0.15, 0.2) is 18.0 Å². The molecule has 0 aliphatic heterocycles. The number of Topliss-reactive ketones (excluding diaryl/α,β-unsaturated/α-hetero) is 1. The number of ether oxygens (including phenoxy) is 5. The molecule has 11 heteroatoms. The first-order chi connectivity index (χ1) is 22.4. The standard InChI is InChI=1S/C37H44O11/c1-19-27(42)17-26-33(45-22(4)39)32-20(2)28(48-30(43)16-15-25-13-11-10-12-14-25)18-29(44-21(3)38)37(32,9)35(47-24(6)41)34(46-23(5)40)31(19)36(26,7)8/h10-16,26,28-29,32-35H,2,17-18H2,1,3-9H3/b16-15+/t26-,28-,29-,32-,33+,34+,35-,37+/m1/s1. The van der Waals surface area contributed by atoms with Crippen LogP contribution in [0.4, 0.5) is 0 Å². The molecule has 11 nitrogen and oxygen atoms in total. The van der Waals surface area contributed by atoms with Crippen LogP contribution < -0.4 is 0 Å². The summed E-state index contributed by atoms with van der Waals surface area (Å²) in [5, 5.41) is 0. The molecule has 0 spiro atoms. The lowest BCUT2D eigenvalue weighted by Crippen LogP contribution is -2.68. The lowest BCUT2D eigenvalue weighted by Gasteiger charge is -2.60. The number of benzene rings is 1. The van der Waals surface area contributed by atoms with Crippen LogP contribution in [0, 0.1) is 22.7 Å². The Labute approximate surface area is 280 Å². The lowest BCUT2D eigenvalue weighted by molar-refractivity contribution is -0.228. The van der Waals surface area contributed by atoms with Gasteiger partial charge in [-0.05, 0) is 40.7 Å². The third-order valence-corrected chi connectivity index (χ3v) is 10.0. The number of ketones is 1. The molecule has 4 rings (SSSR count). The van der Waals surface area contributed by atoms with E-state index in [0.717, 1.165) is 5.56 Å². The Kier molecular flexibility index (Phi) is 10.5. The summed E-state index contributed by atoms with van der Waals surface area (Å²) < 4.78 is 30.0. The Morgan fingerprint density at radius 2 is 1.42 bits per heavy atom. The third-order valence-electron chi connectivity index (χ3n) is 10.0. The highest BCUT2D eigenvalue weighted by Gasteiger charge is 2.68. The van der Waals surface area contributed by atoms with Crippen molar-refractivity contribution >= 4 is 41.7 Å². The molecule has 2 saturated carbocycles. The van der Waals surface area contributed by atoms with Gasteiger partial charge >= 0.3 is 29.8 Å². The van der Waals surface area contributed by atoms with E-state index >= 15 is 0 Å². The lowest BCUT2D eigenvalue weighted by atomic mass is 9.48. The largest absolute Gasteiger partial charge is 0.462 e. The van der Waals surface area contributed by atoms with E-state index in [2.05, 4.69) is 6.58 Å². The van der Waals surface area contributed by atoms with E-state index in [1.54, 1.807) is 19.9 Å². The molecular weight excluding hydrogens is 620 g/mol. The molecule has 3 aliphatic rings. The number of fused-ring (bicyclic) bond motifs is 3. The number of carbonyl (C=O) groups excluding carboxylic acids is 6. The van der Waals surface area contributed by atoms with Crippen LogP contribution in [0.1, 0.15) is 73.8 Å². The average molecular weight is 665 g/mol. The van der Waals surface area contributed by atoms with Crippen LogP contribution in [0.5, 0.6) is 0 Å². The van der Waals surface area contributed by atoms with E-state index < -0.39 is 83.0 Å². The van der Waals surface area contributed by atoms with Crippen molar-refractivity contribution in [3.63, 3.8) is 0 Å². The molecule has 3 aliphatic carbocycles. The fraction of sp³-hybridized carbons (Fsp3) is 0.514. The summed E-state index contributed by atoms with van der Waals surface area (Å²) >= 11 is 0. The molecule has 1 aromatic rings. The van der Waals surface area contributed by atoms with E-state index in [9.17, 15) is 28.8 Å². The minimum absolute atomic E-state index is 0.0341. The third kappa shape index (κ3) is 7.00. The van der Waals surface area contributed by atoms with Gasteiger partial charge in [-0.2, -0.15) is 0 Å². The van der Waals surface area contributed by atoms with Gasteiger partial charge in [-0.1, -0.05) is 57.7 Å². The van der Waals surface area contributed by atoms with Crippen molar-refractivity contribution in [1.82, 2.24) is 0 Å². The van der Waals surface area contributed by atoms with Gasteiger partial charge in [0.1, 0.15) is 18.3 Å². The van der Waals surface area contributed by atoms with Gasteiger partial charge in [0.25, 0.3) is 0 Å². The average Bonchev–Trinajstić information content (AvgIpc) is 2.97. The number of carbonyl (C=O) groups is 6. The summed E-state index contributed by atoms with van der Waals surface area (Å²) in [6, 6.07) is 9.12. The van der Waals surface area contributed by atoms with Gasteiger partial charge in [-0.15, -0.1) is 0 Å². The van der Waals surface area contributed by atoms with Crippen molar-refractivity contribution in [3.05, 3.63) is 65.3 Å². The van der Waals surface area contributed by atoms with Gasteiger partial charge in [0.05, 0.1) is 5.41 Å². The van der Waals surface area contributed by atoms with Gasteiger partial charge in [-0.25, -0.2) is 4.79 Å². The van der Waals surface area contributed by atoms with Crippen LogP contribution in [-0.2, 0) is 52.5 Å². The second-order valence-corrected chi connectivity index (χ2v) is 13.6. The Balaban J connectivity index is 1.98. The molecule has 0 saturated heterocycles. The SMILES string of the molecule is C=C1[C@@H]2[C@@H](OC(C)=O)[C@H]3CC(=O)C(C)=C([C@H](OC(C)=O)[C@@H](OC(C)=O)[C@@]2(C)[C@H](OC(C)=O)C[C@H]1OC(=O)/C=C/c1ccccc1)C3(C)C. The quantitative estimate of drug-likeness (QED) is 0.170. The van der Waals surface area contributed by atoms with E-state index in [-0.39, 0.29) is 18.6 Å². The highest BCUT2D eigenvalue weighted by Crippen LogP contribution is 2.61. The zero-order valence-corrected chi connectivity index (χ0v) is 28.7. The maximum Gasteiger partial charge on any atom is 0.331 e. The number of esters is 5. The monoisotopic (exact) mass is 664 g/mol. The van der Waals surface area contributed by atoms with Gasteiger partial charge in [0, 0.05) is 58.4 Å². The molecule has 0 amide bonds. The van der Waals surface area contributed by atoms with Crippen LogP contribution in [0.25, 0.3) is 6.08 Å². The molecule has 8 atom stereocenters. The molecule has 2 fully saturated rings. The second kappa shape index (κ2) is 13.9. The molecule has 1 aromatic carbocycles. The smallest absolute Gasteiger partial charge is 0.331 e. The molecule has 0 radical (unpaired) electrons. The number of rotatable bonds is 7. The van der Waals surface area contributed by atoms with Gasteiger partial charge < -0.3 is 23.7 Å². The van der Waals surface area contributed by atoms with Gasteiger partial charge in [-0.3, -0.25) is 24.0 Å². The minimum atomic E-state index is -1.49. The summed E-state index contributed by atoms with van der Waals surface area (Å²) in [5.74, 6) is -5.45. The molecule has 0 heterocycles. The van der Waals surface area contributed by atoms with Crippen LogP contribution >= 0.6 is 0 Å². The topological polar surface area (TPSA) is 149 Å². The van der Waals surface area contributed by atoms with Crippen molar-refractivity contribution in [2.45, 2.75) is 98.8 Å². The molecule has 48 heavy (non-hydrogen) atoms. The maximum atomic E-state index is 13.7. The zero-order valence-electron chi connectivity index (χ0n) is 28.7. The van der Waals surface area contributed by atoms with E-state index in [1.165, 1.54) is 33.8 Å². The minimum Gasteiger partial charge on any atom is -0.462 e. The number of allylic oxidation sites excluding steroid dienone is 1. The Morgan fingerprint density at radius 3 is 1.98 bits per heavy atom. The zero-order chi connectivity index (χ0) is 35.7. The summed E-state index contributed by atoms with van der Waals surface area (Å²) in [6.07, 6.45) is -3.23. The highest BCUT2D eigenvalue weighted by atomic mass is 16.6. The maximum absolute atomic E-state index is 13.7. The fourth-order valence-corrected chi connectivity index (χ4v) is 8.00. The van der Waals surface area contributed by atoms with Crippen LogP contribution in [0.3, 0.4) is 0 Å². The summed E-state index contributed by atoms with van der Waals surface area (Å²) in [5.41, 5.74) is -0.644. The molecular formula is C37H44O11. The number of hydrogen-bond donors (Lipinski definition) is 0. The summed E-state index contributed by atoms with van der Waals surface area (Å²) in [7, 11) is 0. The summed E-state index contributed by atoms with van der Waals surface area (Å²) in [4.78, 5) is 78.0. The molecule has 258 valence electrons. The second-order valence-electron chi connectivity index (χ2n) is 13.6. The predicted molar refractivity (Wildman–Crippen MR) is 173 cm³/mol. The first-order valence-corrected chi connectivity index (χ1v) is 15.9. The van der Waals surface area contributed by atoms with E-state index in [1.807, 2.05) is 44.2 Å². The fourth-order valence-electron chi connectivity index (χ4n) is 8.00. The van der Waals surface area contributed by atoms with Crippen LogP contribution in [-0.4, -0.2) is 66.1 Å². The van der Waals surface area contributed by atoms with Crippen molar-refractivity contribution in [3.8, 4) is 0 Å². The van der Waals surface area contributed by atoms with Crippen molar-refractivity contribution in [2.24, 2.45) is 22.7 Å². The van der Waals surface area contributed by atoms with Crippen LogP contribution in [0.15, 0.2) is 59.7 Å². The Bertz CT molecular complexity index is 1570. The van der Waals surface area contributed by atoms with E-state index in [0.29, 0.717) is 16.7 Å². The Hall–Kier alpha value is -4.54. The molecule has 0 aromatic heterocycles.